The van der Waals surface area contributed by atoms with Crippen LogP contribution in [-0.2, 0) is 27.4 Å². The Bertz CT molecular complexity index is 1030. The molecule has 0 aliphatic carbocycles. The Hall–Kier alpha value is -2.36. The fourth-order valence-corrected chi connectivity index (χ4v) is 5.90. The molecule has 0 unspecified atom stereocenters. The Balaban J connectivity index is 1.13. The molecule has 37 heavy (non-hydrogen) atoms. The first-order chi connectivity index (χ1) is 18.0. The van der Waals surface area contributed by atoms with Gasteiger partial charge in [0, 0.05) is 50.4 Å². The zero-order valence-corrected chi connectivity index (χ0v) is 21.3. The number of β-amino-alcohol motifs (C(OH)–C–C–N with tert-alkyl or cyclic N) is 1. The van der Waals surface area contributed by atoms with Crippen molar-refractivity contribution in [2.24, 2.45) is 0 Å². The van der Waals surface area contributed by atoms with Gasteiger partial charge in [0.2, 0.25) is 5.91 Å². The second-order valence-electron chi connectivity index (χ2n) is 10.6. The quantitative estimate of drug-likeness (QED) is 0.596. The summed E-state index contributed by atoms with van der Waals surface area (Å²) in [6, 6.07) is 17.3. The normalized spacial score (nSPS) is 29.3. The molecule has 7 nitrogen and oxygen atoms in total. The number of hydrogen-bond donors (Lipinski definition) is 2. The van der Waals surface area contributed by atoms with E-state index in [1.165, 1.54) is 11.6 Å². The van der Waals surface area contributed by atoms with Crippen molar-refractivity contribution >= 4 is 5.91 Å². The maximum atomic E-state index is 14.4. The van der Waals surface area contributed by atoms with Gasteiger partial charge < -0.3 is 19.9 Å². The summed E-state index contributed by atoms with van der Waals surface area (Å²) in [6.07, 6.45) is 1.80. The fraction of sp³-hybridized carbons (Fsp3) is 0.552. The topological polar surface area (TPSA) is 74.3 Å². The number of ether oxygens (including phenoxy) is 2. The highest BCUT2D eigenvalue weighted by Crippen LogP contribution is 2.29. The number of aliphatic hydroxyl groups is 1. The highest BCUT2D eigenvalue weighted by atomic mass is 19.1. The van der Waals surface area contributed by atoms with Crippen LogP contribution >= 0.6 is 0 Å². The number of hydrogen-bond acceptors (Lipinski definition) is 6. The maximum absolute atomic E-state index is 14.4. The second-order valence-corrected chi connectivity index (χ2v) is 10.6. The molecule has 2 aromatic rings. The van der Waals surface area contributed by atoms with Crippen molar-refractivity contribution in [3.8, 4) is 0 Å². The van der Waals surface area contributed by atoms with E-state index in [1.54, 1.807) is 12.1 Å². The third-order valence-corrected chi connectivity index (χ3v) is 7.72. The Kier molecular flexibility index (Phi) is 8.84. The van der Waals surface area contributed by atoms with Crippen LogP contribution in [0.15, 0.2) is 54.6 Å². The molecule has 3 aliphatic rings. The average molecular weight is 512 g/mol. The van der Waals surface area contributed by atoms with Gasteiger partial charge >= 0.3 is 0 Å². The zero-order chi connectivity index (χ0) is 25.6. The molecular weight excluding hydrogens is 473 g/mol. The van der Waals surface area contributed by atoms with Crippen molar-refractivity contribution in [2.75, 3.05) is 32.8 Å². The van der Waals surface area contributed by atoms with Crippen molar-refractivity contribution in [3.63, 3.8) is 0 Å². The monoisotopic (exact) mass is 511 g/mol. The number of amides is 1. The largest absolute Gasteiger partial charge is 0.389 e. The van der Waals surface area contributed by atoms with Crippen LogP contribution in [0.5, 0.6) is 0 Å². The van der Waals surface area contributed by atoms with Crippen LogP contribution in [0.1, 0.15) is 36.8 Å². The van der Waals surface area contributed by atoms with E-state index in [-0.39, 0.29) is 42.6 Å². The fourth-order valence-electron chi connectivity index (χ4n) is 5.90. The highest BCUT2D eigenvalue weighted by Gasteiger charge is 2.38. The van der Waals surface area contributed by atoms with Crippen molar-refractivity contribution < 1.29 is 23.8 Å². The lowest BCUT2D eigenvalue weighted by atomic mass is 9.94. The smallest absolute Gasteiger partial charge is 0.222 e. The SMILES string of the molecule is O=C(C[C@@H]1CC[C@H]2[C@@H](COC[C@H](O)CN2Cc2ccccc2F)O1)N[C@@H]1CCN(Cc2ccccc2)C1. The second kappa shape index (κ2) is 12.5. The number of aliphatic hydroxyl groups excluding tert-OH is 1. The van der Waals surface area contributed by atoms with Crippen molar-refractivity contribution in [3.05, 3.63) is 71.5 Å². The molecule has 0 saturated carbocycles. The number of nitrogens with zero attached hydrogens (tertiary/aromatic N) is 2. The number of likely N-dealkylation sites (tertiary alicyclic amines) is 1. The average Bonchev–Trinajstić information content (AvgIpc) is 3.31. The molecule has 8 heteroatoms. The van der Waals surface area contributed by atoms with E-state index in [0.29, 0.717) is 31.7 Å². The van der Waals surface area contributed by atoms with E-state index in [4.69, 9.17) is 9.47 Å². The number of fused-ring (bicyclic) bond motifs is 1. The summed E-state index contributed by atoms with van der Waals surface area (Å²) in [5.74, 6) is -0.215. The summed E-state index contributed by atoms with van der Waals surface area (Å²) in [6.45, 7) is 4.10. The van der Waals surface area contributed by atoms with E-state index in [2.05, 4.69) is 39.4 Å². The number of carbonyl (C=O) groups excluding carboxylic acids is 1. The Morgan fingerprint density at radius 2 is 1.81 bits per heavy atom. The maximum Gasteiger partial charge on any atom is 0.222 e. The Morgan fingerprint density at radius 3 is 2.65 bits per heavy atom. The highest BCUT2D eigenvalue weighted by molar-refractivity contribution is 5.76. The summed E-state index contributed by atoms with van der Waals surface area (Å²) >= 11 is 0. The van der Waals surface area contributed by atoms with Crippen molar-refractivity contribution in [1.29, 1.82) is 0 Å². The van der Waals surface area contributed by atoms with Crippen LogP contribution in [0.4, 0.5) is 4.39 Å². The number of carbonyl (C=O) groups is 1. The molecule has 0 spiro atoms. The van der Waals surface area contributed by atoms with E-state index in [9.17, 15) is 14.3 Å². The summed E-state index contributed by atoms with van der Waals surface area (Å²) in [7, 11) is 0. The molecule has 0 bridgehead atoms. The molecule has 3 aliphatic heterocycles. The molecule has 3 fully saturated rings. The van der Waals surface area contributed by atoms with E-state index in [0.717, 1.165) is 38.9 Å². The molecule has 0 radical (unpaired) electrons. The lowest BCUT2D eigenvalue weighted by Crippen LogP contribution is -2.55. The molecular formula is C29H38FN3O4. The number of halogens is 1. The van der Waals surface area contributed by atoms with E-state index < -0.39 is 6.10 Å². The van der Waals surface area contributed by atoms with Crippen LogP contribution in [0.2, 0.25) is 0 Å². The molecule has 5 rings (SSSR count). The van der Waals surface area contributed by atoms with Crippen LogP contribution < -0.4 is 5.32 Å². The molecule has 3 saturated heterocycles. The van der Waals surface area contributed by atoms with Gasteiger partial charge in [0.05, 0.1) is 37.9 Å². The van der Waals surface area contributed by atoms with Gasteiger partial charge in [-0.15, -0.1) is 0 Å². The van der Waals surface area contributed by atoms with Crippen LogP contribution in [0, 0.1) is 5.82 Å². The van der Waals surface area contributed by atoms with Gasteiger partial charge in [0.25, 0.3) is 0 Å². The molecule has 2 N–H and O–H groups in total. The van der Waals surface area contributed by atoms with Gasteiger partial charge in [0.1, 0.15) is 5.82 Å². The van der Waals surface area contributed by atoms with Crippen LogP contribution in [0.3, 0.4) is 0 Å². The minimum atomic E-state index is -0.635. The molecule has 1 amide bonds. The first-order valence-electron chi connectivity index (χ1n) is 13.5. The van der Waals surface area contributed by atoms with Crippen molar-refractivity contribution in [1.82, 2.24) is 15.1 Å². The van der Waals surface area contributed by atoms with Gasteiger partial charge in [0.15, 0.2) is 0 Å². The van der Waals surface area contributed by atoms with Crippen molar-refractivity contribution in [2.45, 2.75) is 69.2 Å². The Morgan fingerprint density at radius 1 is 1.00 bits per heavy atom. The van der Waals surface area contributed by atoms with Crippen LogP contribution in [0.25, 0.3) is 0 Å². The third-order valence-electron chi connectivity index (χ3n) is 7.72. The van der Waals surface area contributed by atoms with E-state index >= 15 is 0 Å². The predicted octanol–water partition coefficient (Wildman–Crippen LogP) is 2.72. The lowest BCUT2D eigenvalue weighted by Gasteiger charge is -2.44. The molecule has 5 atom stereocenters. The van der Waals surface area contributed by atoms with Gasteiger partial charge in [-0.05, 0) is 30.9 Å². The van der Waals surface area contributed by atoms with Crippen LogP contribution in [-0.4, -0.2) is 84.1 Å². The summed E-state index contributed by atoms with van der Waals surface area (Å²) in [5, 5.41) is 13.6. The number of rotatable bonds is 7. The third kappa shape index (κ3) is 7.15. The number of nitrogens with one attached hydrogen (secondary N) is 1. The summed E-state index contributed by atoms with van der Waals surface area (Å²) in [4.78, 5) is 17.4. The van der Waals surface area contributed by atoms with Gasteiger partial charge in [-0.1, -0.05) is 48.5 Å². The minimum Gasteiger partial charge on any atom is -0.389 e. The zero-order valence-electron chi connectivity index (χ0n) is 21.3. The lowest BCUT2D eigenvalue weighted by molar-refractivity contribution is -0.158. The van der Waals surface area contributed by atoms with Gasteiger partial charge in [-0.3, -0.25) is 14.6 Å². The predicted molar refractivity (Wildman–Crippen MR) is 138 cm³/mol. The summed E-state index contributed by atoms with van der Waals surface area (Å²) < 4.78 is 26.5. The molecule has 3 heterocycles. The first kappa shape index (κ1) is 26.3. The number of benzene rings is 2. The van der Waals surface area contributed by atoms with Gasteiger partial charge in [-0.25, -0.2) is 4.39 Å². The molecule has 200 valence electrons. The summed E-state index contributed by atoms with van der Waals surface area (Å²) in [5.41, 5.74) is 1.90. The van der Waals surface area contributed by atoms with E-state index in [1.807, 2.05) is 12.1 Å². The Labute approximate surface area is 218 Å². The molecule has 2 aromatic carbocycles. The minimum absolute atomic E-state index is 0.00440. The standard InChI is InChI=1S/C29H38FN3O4/c30-26-9-5-4-8-22(26)16-33-18-24(34)19-36-20-28-27(33)11-10-25(37-28)14-29(35)31-23-12-13-32(17-23)15-21-6-2-1-3-7-21/h1-9,23-25,27-28,34H,10-20H2,(H,31,35)/t23-,24-,25+,27+,28-/m1/s1. The first-order valence-corrected chi connectivity index (χ1v) is 13.5. The molecule has 0 aromatic heterocycles. The van der Waals surface area contributed by atoms with Gasteiger partial charge in [-0.2, -0.15) is 0 Å².